The van der Waals surface area contributed by atoms with E-state index in [4.69, 9.17) is 4.74 Å². The molecule has 2 aliphatic rings. The summed E-state index contributed by atoms with van der Waals surface area (Å²) < 4.78 is 5.13. The Morgan fingerprint density at radius 2 is 1.82 bits per heavy atom. The lowest BCUT2D eigenvalue weighted by Crippen LogP contribution is -2.21. The maximum absolute atomic E-state index is 10.2. The number of aliphatic hydroxyl groups is 1. The second-order valence-electron chi connectivity index (χ2n) is 5.61. The van der Waals surface area contributed by atoms with Gasteiger partial charge in [-0.05, 0) is 61.1 Å². The fraction of sp³-hybridized carbons (Fsp3) is 0.600. The van der Waals surface area contributed by atoms with Crippen LogP contribution < -0.4 is 4.74 Å². The molecule has 1 N–H and O–H groups in total. The molecule has 3 unspecified atom stereocenters. The molecule has 0 aromatic heterocycles. The molecule has 2 aliphatic carbocycles. The van der Waals surface area contributed by atoms with Crippen molar-refractivity contribution in [3.8, 4) is 5.75 Å². The van der Waals surface area contributed by atoms with E-state index in [0.29, 0.717) is 5.92 Å². The molecule has 0 aliphatic heterocycles. The van der Waals surface area contributed by atoms with E-state index >= 15 is 0 Å². The lowest BCUT2D eigenvalue weighted by Gasteiger charge is -2.19. The molecule has 0 bridgehead atoms. The third kappa shape index (κ3) is 2.32. The minimum absolute atomic E-state index is 0.156. The summed E-state index contributed by atoms with van der Waals surface area (Å²) in [6.45, 7) is 0. The highest BCUT2D eigenvalue weighted by Gasteiger charge is 2.47. The van der Waals surface area contributed by atoms with Gasteiger partial charge in [0.2, 0.25) is 0 Å². The van der Waals surface area contributed by atoms with Gasteiger partial charge in [-0.3, -0.25) is 0 Å². The van der Waals surface area contributed by atoms with Crippen molar-refractivity contribution in [2.24, 2.45) is 17.8 Å². The van der Waals surface area contributed by atoms with Crippen molar-refractivity contribution in [3.05, 3.63) is 29.8 Å². The highest BCUT2D eigenvalue weighted by Crippen LogP contribution is 2.55. The topological polar surface area (TPSA) is 29.5 Å². The molecule has 0 spiro atoms. The fourth-order valence-corrected chi connectivity index (χ4v) is 3.25. The molecule has 2 saturated carbocycles. The summed E-state index contributed by atoms with van der Waals surface area (Å²) in [4.78, 5) is 0. The molecule has 2 heteroatoms. The molecule has 0 amide bonds. The maximum atomic E-state index is 10.2. The fourth-order valence-electron chi connectivity index (χ4n) is 3.25. The lowest BCUT2D eigenvalue weighted by molar-refractivity contribution is 0.104. The predicted molar refractivity (Wildman–Crippen MR) is 67.0 cm³/mol. The smallest absolute Gasteiger partial charge is 0.118 e. The number of benzene rings is 1. The number of fused-ring (bicyclic) bond motifs is 1. The molecule has 92 valence electrons. The summed E-state index contributed by atoms with van der Waals surface area (Å²) in [5.41, 5.74) is 1.21. The van der Waals surface area contributed by atoms with Gasteiger partial charge in [-0.1, -0.05) is 12.1 Å². The number of methoxy groups -OCH3 is 1. The van der Waals surface area contributed by atoms with E-state index in [-0.39, 0.29) is 6.10 Å². The lowest BCUT2D eigenvalue weighted by atomic mass is 9.92. The van der Waals surface area contributed by atoms with Crippen molar-refractivity contribution in [2.75, 3.05) is 7.11 Å². The van der Waals surface area contributed by atoms with Gasteiger partial charge in [0, 0.05) is 0 Å². The normalized spacial score (nSPS) is 32.0. The van der Waals surface area contributed by atoms with Crippen molar-refractivity contribution < 1.29 is 9.84 Å². The van der Waals surface area contributed by atoms with Gasteiger partial charge in [-0.25, -0.2) is 0 Å². The van der Waals surface area contributed by atoms with E-state index in [0.717, 1.165) is 24.0 Å². The Hall–Kier alpha value is -1.02. The van der Waals surface area contributed by atoms with Crippen LogP contribution in [0.25, 0.3) is 0 Å². The Bertz CT molecular complexity index is 374. The van der Waals surface area contributed by atoms with Crippen molar-refractivity contribution in [3.63, 3.8) is 0 Å². The number of hydrogen-bond donors (Lipinski definition) is 1. The number of rotatable bonds is 4. The van der Waals surface area contributed by atoms with Crippen LogP contribution in [-0.4, -0.2) is 18.3 Å². The van der Waals surface area contributed by atoms with Crippen LogP contribution in [0.2, 0.25) is 0 Å². The molecule has 2 fully saturated rings. The van der Waals surface area contributed by atoms with Crippen LogP contribution >= 0.6 is 0 Å². The van der Waals surface area contributed by atoms with Gasteiger partial charge >= 0.3 is 0 Å². The van der Waals surface area contributed by atoms with Crippen LogP contribution in [0.1, 0.15) is 24.8 Å². The summed E-state index contributed by atoms with van der Waals surface area (Å²) in [7, 11) is 1.68. The van der Waals surface area contributed by atoms with E-state index in [1.807, 2.05) is 12.1 Å². The van der Waals surface area contributed by atoms with Crippen molar-refractivity contribution in [2.45, 2.75) is 31.8 Å². The van der Waals surface area contributed by atoms with Crippen LogP contribution in [0.4, 0.5) is 0 Å². The first-order valence-electron chi connectivity index (χ1n) is 6.57. The Morgan fingerprint density at radius 1 is 1.18 bits per heavy atom. The van der Waals surface area contributed by atoms with Crippen LogP contribution in [0.5, 0.6) is 5.75 Å². The Kier molecular flexibility index (Phi) is 2.83. The zero-order chi connectivity index (χ0) is 11.8. The Balaban J connectivity index is 1.57. The van der Waals surface area contributed by atoms with E-state index in [9.17, 15) is 5.11 Å². The molecule has 0 saturated heterocycles. The number of ether oxygens (including phenoxy) is 1. The third-order valence-corrected chi connectivity index (χ3v) is 4.43. The van der Waals surface area contributed by atoms with Gasteiger partial charge in [-0.15, -0.1) is 0 Å². The zero-order valence-corrected chi connectivity index (χ0v) is 10.3. The standard InChI is InChI=1S/C15H20O2/c1-17-14-4-2-10(3-5-14)6-15(16)13-8-11-7-12(11)9-13/h2-5,11-13,15-16H,6-9H2,1H3. The molecule has 0 heterocycles. The number of aliphatic hydroxyl groups excluding tert-OH is 1. The summed E-state index contributed by atoms with van der Waals surface area (Å²) >= 11 is 0. The van der Waals surface area contributed by atoms with E-state index in [2.05, 4.69) is 12.1 Å². The monoisotopic (exact) mass is 232 g/mol. The molecule has 3 rings (SSSR count). The van der Waals surface area contributed by atoms with Gasteiger partial charge in [-0.2, -0.15) is 0 Å². The second kappa shape index (κ2) is 4.34. The second-order valence-corrected chi connectivity index (χ2v) is 5.61. The van der Waals surface area contributed by atoms with Gasteiger partial charge in [0.05, 0.1) is 13.2 Å². The van der Waals surface area contributed by atoms with Gasteiger partial charge < -0.3 is 9.84 Å². The summed E-state index contributed by atoms with van der Waals surface area (Å²) in [6.07, 6.45) is 4.56. The predicted octanol–water partition coefficient (Wildman–Crippen LogP) is 2.64. The molecular formula is C15H20O2. The van der Waals surface area contributed by atoms with Crippen LogP contribution in [-0.2, 0) is 6.42 Å². The van der Waals surface area contributed by atoms with E-state index in [1.54, 1.807) is 7.11 Å². The van der Waals surface area contributed by atoms with Crippen molar-refractivity contribution in [1.82, 2.24) is 0 Å². The zero-order valence-electron chi connectivity index (χ0n) is 10.3. The molecular weight excluding hydrogens is 212 g/mol. The quantitative estimate of drug-likeness (QED) is 0.864. The van der Waals surface area contributed by atoms with Crippen molar-refractivity contribution >= 4 is 0 Å². The minimum atomic E-state index is -0.156. The molecule has 1 aromatic rings. The maximum Gasteiger partial charge on any atom is 0.118 e. The van der Waals surface area contributed by atoms with Gasteiger partial charge in [0.15, 0.2) is 0 Å². The molecule has 3 atom stereocenters. The first-order valence-corrected chi connectivity index (χ1v) is 6.57. The van der Waals surface area contributed by atoms with Gasteiger partial charge in [0.1, 0.15) is 5.75 Å². The largest absolute Gasteiger partial charge is 0.497 e. The van der Waals surface area contributed by atoms with E-state index < -0.39 is 0 Å². The summed E-state index contributed by atoms with van der Waals surface area (Å²) in [6, 6.07) is 8.04. The average molecular weight is 232 g/mol. The average Bonchev–Trinajstić information content (AvgIpc) is 2.97. The highest BCUT2D eigenvalue weighted by atomic mass is 16.5. The number of hydrogen-bond acceptors (Lipinski definition) is 2. The molecule has 17 heavy (non-hydrogen) atoms. The Labute approximate surface area is 103 Å². The Morgan fingerprint density at radius 3 is 2.41 bits per heavy atom. The minimum Gasteiger partial charge on any atom is -0.497 e. The van der Waals surface area contributed by atoms with Crippen LogP contribution in [0.15, 0.2) is 24.3 Å². The van der Waals surface area contributed by atoms with Gasteiger partial charge in [0.25, 0.3) is 0 Å². The first-order chi connectivity index (χ1) is 8.26. The highest BCUT2D eigenvalue weighted by molar-refractivity contribution is 5.27. The molecule has 0 radical (unpaired) electrons. The molecule has 2 nitrogen and oxygen atoms in total. The van der Waals surface area contributed by atoms with Crippen LogP contribution in [0.3, 0.4) is 0 Å². The molecule has 1 aromatic carbocycles. The third-order valence-electron chi connectivity index (χ3n) is 4.43. The van der Waals surface area contributed by atoms with Crippen LogP contribution in [0, 0.1) is 17.8 Å². The summed E-state index contributed by atoms with van der Waals surface area (Å²) in [5, 5.41) is 10.2. The van der Waals surface area contributed by atoms with Crippen molar-refractivity contribution in [1.29, 1.82) is 0 Å². The summed E-state index contributed by atoms with van der Waals surface area (Å²) in [5.74, 6) is 3.32. The van der Waals surface area contributed by atoms with E-state index in [1.165, 1.54) is 24.8 Å². The SMILES string of the molecule is COc1ccc(CC(O)C2CC3CC3C2)cc1. The first kappa shape index (κ1) is 11.1.